The van der Waals surface area contributed by atoms with Crippen LogP contribution in [0.4, 0.5) is 5.82 Å². The number of likely N-dealkylation sites (N-methyl/N-ethyl adjacent to an activating group) is 1. The van der Waals surface area contributed by atoms with Gasteiger partial charge >= 0.3 is 5.97 Å². The topological polar surface area (TPSA) is 93.2 Å². The molecule has 92 valence electrons. The average molecular weight is 238 g/mol. The summed E-state index contributed by atoms with van der Waals surface area (Å²) in [7, 11) is 2.79. The molecule has 2 N–H and O–H groups in total. The fraction of sp³-hybridized carbons (Fsp3) is 0.400. The van der Waals surface area contributed by atoms with Crippen LogP contribution in [0, 0.1) is 6.92 Å². The molecule has 0 aromatic carbocycles. The maximum absolute atomic E-state index is 11.3. The third-order valence-electron chi connectivity index (χ3n) is 1.93. The molecule has 0 aliphatic heterocycles. The Morgan fingerprint density at radius 1 is 1.41 bits per heavy atom. The Morgan fingerprint density at radius 2 is 2.12 bits per heavy atom. The van der Waals surface area contributed by atoms with Crippen molar-refractivity contribution in [2.75, 3.05) is 26.0 Å². The van der Waals surface area contributed by atoms with Gasteiger partial charge in [-0.1, -0.05) is 0 Å². The van der Waals surface area contributed by atoms with Crippen molar-refractivity contribution in [2.45, 2.75) is 6.92 Å². The fourth-order valence-electron chi connectivity index (χ4n) is 1.10. The van der Waals surface area contributed by atoms with Gasteiger partial charge in [0.05, 0.1) is 13.7 Å². The first-order chi connectivity index (χ1) is 8.06. The molecule has 0 saturated carbocycles. The lowest BCUT2D eigenvalue weighted by Gasteiger charge is -2.06. The van der Waals surface area contributed by atoms with Gasteiger partial charge in [-0.05, 0) is 6.92 Å². The summed E-state index contributed by atoms with van der Waals surface area (Å²) in [6, 6.07) is 1.63. The van der Waals surface area contributed by atoms with Crippen molar-refractivity contribution in [3.8, 4) is 0 Å². The summed E-state index contributed by atoms with van der Waals surface area (Å²) >= 11 is 0. The first-order valence-electron chi connectivity index (χ1n) is 4.95. The molecule has 0 atom stereocenters. The molecule has 0 saturated heterocycles. The van der Waals surface area contributed by atoms with Crippen molar-refractivity contribution in [1.82, 2.24) is 15.3 Å². The molecule has 0 unspecified atom stereocenters. The molecule has 0 aliphatic carbocycles. The second-order valence-electron chi connectivity index (χ2n) is 3.24. The smallest absolute Gasteiger partial charge is 0.376 e. The fourth-order valence-corrected chi connectivity index (χ4v) is 1.10. The number of nitrogens with one attached hydrogen (secondary N) is 2. The third-order valence-corrected chi connectivity index (χ3v) is 1.93. The minimum Gasteiger partial charge on any atom is -0.463 e. The average Bonchev–Trinajstić information content (AvgIpc) is 2.34. The van der Waals surface area contributed by atoms with E-state index in [-0.39, 0.29) is 18.3 Å². The summed E-state index contributed by atoms with van der Waals surface area (Å²) in [6.07, 6.45) is 0. The van der Waals surface area contributed by atoms with Crippen molar-refractivity contribution in [1.29, 1.82) is 0 Å². The lowest BCUT2D eigenvalue weighted by molar-refractivity contribution is -0.118. The van der Waals surface area contributed by atoms with Crippen molar-refractivity contribution in [3.63, 3.8) is 0 Å². The molecule has 1 rings (SSSR count). The minimum atomic E-state index is -0.614. The molecule has 1 heterocycles. The summed E-state index contributed by atoms with van der Waals surface area (Å²) in [6.45, 7) is 1.80. The van der Waals surface area contributed by atoms with Crippen LogP contribution in [0.5, 0.6) is 0 Å². The maximum atomic E-state index is 11.3. The number of carbonyl (C=O) groups excluding carboxylic acids is 2. The van der Waals surface area contributed by atoms with Gasteiger partial charge in [0, 0.05) is 18.8 Å². The van der Waals surface area contributed by atoms with Crippen LogP contribution in [0.3, 0.4) is 0 Å². The SMILES string of the molecule is CNC(=O)CNc1cc(C)nc(C(=O)OC)n1. The molecule has 0 aliphatic rings. The molecule has 0 fully saturated rings. The van der Waals surface area contributed by atoms with E-state index in [9.17, 15) is 9.59 Å². The number of anilines is 1. The highest BCUT2D eigenvalue weighted by Crippen LogP contribution is 2.06. The number of aromatic nitrogens is 2. The van der Waals surface area contributed by atoms with Gasteiger partial charge in [0.15, 0.2) is 0 Å². The van der Waals surface area contributed by atoms with Crippen LogP contribution in [0.1, 0.15) is 16.3 Å². The van der Waals surface area contributed by atoms with Crippen LogP contribution >= 0.6 is 0 Å². The van der Waals surface area contributed by atoms with Crippen LogP contribution in [-0.2, 0) is 9.53 Å². The predicted octanol–water partition coefficient (Wildman–Crippen LogP) is -0.270. The number of hydrogen-bond donors (Lipinski definition) is 2. The molecule has 1 aromatic heterocycles. The molecular weight excluding hydrogens is 224 g/mol. The second-order valence-corrected chi connectivity index (χ2v) is 3.24. The summed E-state index contributed by atoms with van der Waals surface area (Å²) in [5.74, 6) is -0.425. The van der Waals surface area contributed by atoms with Crippen LogP contribution in [0.2, 0.25) is 0 Å². The number of aryl methyl sites for hydroxylation is 1. The molecular formula is C10H14N4O3. The Balaban J connectivity index is 2.82. The first-order valence-corrected chi connectivity index (χ1v) is 4.95. The van der Waals surface area contributed by atoms with Crippen molar-refractivity contribution >= 4 is 17.7 Å². The van der Waals surface area contributed by atoms with Crippen molar-refractivity contribution in [2.24, 2.45) is 0 Å². The maximum Gasteiger partial charge on any atom is 0.376 e. The molecule has 1 aromatic rings. The highest BCUT2D eigenvalue weighted by molar-refractivity contribution is 5.85. The summed E-state index contributed by atoms with van der Waals surface area (Å²) < 4.78 is 4.52. The molecule has 17 heavy (non-hydrogen) atoms. The van der Waals surface area contributed by atoms with Gasteiger partial charge < -0.3 is 15.4 Å². The largest absolute Gasteiger partial charge is 0.463 e. The number of carbonyl (C=O) groups is 2. The van der Waals surface area contributed by atoms with Crippen LogP contribution in [0.15, 0.2) is 6.07 Å². The van der Waals surface area contributed by atoms with Crippen LogP contribution in [-0.4, -0.2) is 42.5 Å². The Bertz CT molecular complexity index is 434. The summed E-state index contributed by atoms with van der Waals surface area (Å²) in [5.41, 5.74) is 0.611. The van der Waals surface area contributed by atoms with Gasteiger partial charge in [0.2, 0.25) is 11.7 Å². The monoisotopic (exact) mass is 238 g/mol. The zero-order chi connectivity index (χ0) is 12.8. The Hall–Kier alpha value is -2.18. The molecule has 0 bridgehead atoms. The van der Waals surface area contributed by atoms with E-state index in [4.69, 9.17) is 0 Å². The number of amides is 1. The van der Waals surface area contributed by atoms with Crippen LogP contribution < -0.4 is 10.6 Å². The van der Waals surface area contributed by atoms with Crippen molar-refractivity contribution in [3.05, 3.63) is 17.6 Å². The molecule has 1 amide bonds. The minimum absolute atomic E-state index is 0.0353. The highest BCUT2D eigenvalue weighted by atomic mass is 16.5. The predicted molar refractivity (Wildman–Crippen MR) is 60.7 cm³/mol. The molecule has 7 nitrogen and oxygen atoms in total. The lowest BCUT2D eigenvalue weighted by atomic mass is 10.4. The number of rotatable bonds is 4. The van der Waals surface area contributed by atoms with E-state index in [1.54, 1.807) is 13.0 Å². The number of nitrogens with zero attached hydrogens (tertiary/aromatic N) is 2. The quantitative estimate of drug-likeness (QED) is 0.701. The van der Waals surface area contributed by atoms with E-state index in [0.717, 1.165) is 0 Å². The Kier molecular flexibility index (Phi) is 4.38. The zero-order valence-corrected chi connectivity index (χ0v) is 9.90. The van der Waals surface area contributed by atoms with Gasteiger partial charge in [-0.3, -0.25) is 4.79 Å². The zero-order valence-electron chi connectivity index (χ0n) is 9.90. The molecule has 7 heteroatoms. The van der Waals surface area contributed by atoms with E-state index in [1.807, 2.05) is 0 Å². The summed E-state index contributed by atoms with van der Waals surface area (Å²) in [4.78, 5) is 30.2. The summed E-state index contributed by atoms with van der Waals surface area (Å²) in [5, 5.41) is 5.25. The van der Waals surface area contributed by atoms with Gasteiger partial charge in [-0.2, -0.15) is 0 Å². The number of esters is 1. The van der Waals surface area contributed by atoms with E-state index in [1.165, 1.54) is 14.2 Å². The van der Waals surface area contributed by atoms with E-state index < -0.39 is 5.97 Å². The van der Waals surface area contributed by atoms with Gasteiger partial charge in [0.1, 0.15) is 5.82 Å². The second kappa shape index (κ2) is 5.78. The standard InChI is InChI=1S/C10H14N4O3/c1-6-4-7(12-5-8(15)11-2)14-9(13-6)10(16)17-3/h4H,5H2,1-3H3,(H,11,15)(H,12,13,14). The third kappa shape index (κ3) is 3.71. The Morgan fingerprint density at radius 3 is 2.71 bits per heavy atom. The number of ether oxygens (including phenoxy) is 1. The van der Waals surface area contributed by atoms with Gasteiger partial charge in [-0.25, -0.2) is 14.8 Å². The van der Waals surface area contributed by atoms with E-state index in [0.29, 0.717) is 11.5 Å². The highest BCUT2D eigenvalue weighted by Gasteiger charge is 2.11. The van der Waals surface area contributed by atoms with Gasteiger partial charge in [0.25, 0.3) is 0 Å². The van der Waals surface area contributed by atoms with Gasteiger partial charge in [-0.15, -0.1) is 0 Å². The molecule has 0 radical (unpaired) electrons. The van der Waals surface area contributed by atoms with Crippen LogP contribution in [0.25, 0.3) is 0 Å². The number of methoxy groups -OCH3 is 1. The van der Waals surface area contributed by atoms with E-state index in [2.05, 4.69) is 25.3 Å². The lowest BCUT2D eigenvalue weighted by Crippen LogP contribution is -2.26. The Labute approximate surface area is 98.6 Å². The normalized spacial score (nSPS) is 9.59. The molecule has 0 spiro atoms. The number of hydrogen-bond acceptors (Lipinski definition) is 6. The van der Waals surface area contributed by atoms with Crippen molar-refractivity contribution < 1.29 is 14.3 Å². The first kappa shape index (κ1) is 12.9. The van der Waals surface area contributed by atoms with E-state index >= 15 is 0 Å².